The van der Waals surface area contributed by atoms with Crippen molar-refractivity contribution in [3.8, 4) is 11.3 Å². The van der Waals surface area contributed by atoms with Crippen LogP contribution in [0.15, 0.2) is 36.4 Å². The zero-order valence-electron chi connectivity index (χ0n) is 10.3. The molecule has 0 unspecified atom stereocenters. The molecule has 3 rings (SSSR count). The summed E-state index contributed by atoms with van der Waals surface area (Å²) in [7, 11) is 0. The fourth-order valence-electron chi connectivity index (χ4n) is 2.45. The maximum absolute atomic E-state index is 5.91. The van der Waals surface area contributed by atoms with Gasteiger partial charge in [0.2, 0.25) is 0 Å². The van der Waals surface area contributed by atoms with Crippen molar-refractivity contribution in [1.29, 1.82) is 0 Å². The van der Waals surface area contributed by atoms with Gasteiger partial charge in [-0.3, -0.25) is 10.00 Å². The highest BCUT2D eigenvalue weighted by atomic mass is 15.2. The van der Waals surface area contributed by atoms with Crippen LogP contribution in [0.2, 0.25) is 0 Å². The predicted octanol–water partition coefficient (Wildman–Crippen LogP) is 1.61. The third kappa shape index (κ3) is 2.44. The van der Waals surface area contributed by atoms with Crippen molar-refractivity contribution in [2.24, 2.45) is 5.73 Å². The van der Waals surface area contributed by atoms with Crippen molar-refractivity contribution >= 4 is 0 Å². The molecule has 1 aromatic heterocycles. The molecule has 4 heteroatoms. The normalized spacial score (nSPS) is 20.4. The second-order valence-electron chi connectivity index (χ2n) is 4.93. The van der Waals surface area contributed by atoms with Crippen LogP contribution in [0.5, 0.6) is 0 Å². The Bertz CT molecular complexity index is 506. The highest BCUT2D eigenvalue weighted by Gasteiger charge is 2.19. The summed E-state index contributed by atoms with van der Waals surface area (Å²) < 4.78 is 0. The molecule has 1 aliphatic heterocycles. The maximum Gasteiger partial charge on any atom is 0.0924 e. The molecule has 0 amide bonds. The van der Waals surface area contributed by atoms with Gasteiger partial charge >= 0.3 is 0 Å². The van der Waals surface area contributed by atoms with Crippen molar-refractivity contribution < 1.29 is 0 Å². The van der Waals surface area contributed by atoms with E-state index >= 15 is 0 Å². The molecule has 1 atom stereocenters. The Labute approximate surface area is 107 Å². The largest absolute Gasteiger partial charge is 0.326 e. The summed E-state index contributed by atoms with van der Waals surface area (Å²) in [5, 5.41) is 7.48. The Morgan fingerprint density at radius 3 is 2.89 bits per heavy atom. The second kappa shape index (κ2) is 4.92. The van der Waals surface area contributed by atoms with E-state index in [9.17, 15) is 0 Å². The third-order valence-corrected chi connectivity index (χ3v) is 3.40. The average molecular weight is 242 g/mol. The molecule has 18 heavy (non-hydrogen) atoms. The third-order valence-electron chi connectivity index (χ3n) is 3.40. The van der Waals surface area contributed by atoms with E-state index in [0.717, 1.165) is 43.0 Å². The van der Waals surface area contributed by atoms with Crippen molar-refractivity contribution in [3.63, 3.8) is 0 Å². The van der Waals surface area contributed by atoms with Gasteiger partial charge in [-0.1, -0.05) is 30.3 Å². The van der Waals surface area contributed by atoms with Gasteiger partial charge in [-0.25, -0.2) is 0 Å². The number of likely N-dealkylation sites (tertiary alicyclic amines) is 1. The smallest absolute Gasteiger partial charge is 0.0924 e. The molecule has 2 aromatic rings. The minimum absolute atomic E-state index is 0.335. The molecule has 3 N–H and O–H groups in total. The van der Waals surface area contributed by atoms with E-state index in [1.807, 2.05) is 18.2 Å². The molecule has 94 valence electrons. The van der Waals surface area contributed by atoms with E-state index in [4.69, 9.17) is 5.73 Å². The molecule has 1 fully saturated rings. The molecule has 0 spiro atoms. The highest BCUT2D eigenvalue weighted by Crippen LogP contribution is 2.18. The summed E-state index contributed by atoms with van der Waals surface area (Å²) >= 11 is 0. The first-order chi connectivity index (χ1) is 8.81. The van der Waals surface area contributed by atoms with Gasteiger partial charge in [-0.05, 0) is 12.5 Å². The van der Waals surface area contributed by atoms with Gasteiger partial charge in [0, 0.05) is 36.9 Å². The molecule has 1 aromatic carbocycles. The lowest BCUT2D eigenvalue weighted by atomic mass is 10.1. The number of aromatic nitrogens is 2. The molecule has 4 nitrogen and oxygen atoms in total. The summed E-state index contributed by atoms with van der Waals surface area (Å²) in [4.78, 5) is 2.37. The van der Waals surface area contributed by atoms with E-state index in [1.54, 1.807) is 0 Å². The lowest BCUT2D eigenvalue weighted by molar-refractivity contribution is 0.322. The Morgan fingerprint density at radius 1 is 1.33 bits per heavy atom. The molecule has 1 aliphatic rings. The topological polar surface area (TPSA) is 57.9 Å². The van der Waals surface area contributed by atoms with Crippen LogP contribution in [0, 0.1) is 0 Å². The first kappa shape index (κ1) is 11.4. The van der Waals surface area contributed by atoms with Gasteiger partial charge in [0.15, 0.2) is 0 Å². The van der Waals surface area contributed by atoms with E-state index < -0.39 is 0 Å². The van der Waals surface area contributed by atoms with E-state index in [-0.39, 0.29) is 0 Å². The minimum Gasteiger partial charge on any atom is -0.326 e. The molecule has 2 heterocycles. The molecule has 1 saturated heterocycles. The van der Waals surface area contributed by atoms with Crippen molar-refractivity contribution in [1.82, 2.24) is 15.1 Å². The number of hydrogen-bond acceptors (Lipinski definition) is 3. The van der Waals surface area contributed by atoms with Crippen molar-refractivity contribution in [3.05, 3.63) is 42.1 Å². The molecular weight excluding hydrogens is 224 g/mol. The SMILES string of the molecule is N[C@H]1CCN(Cc2cc(-c3ccccc3)n[nH]2)C1. The van der Waals surface area contributed by atoms with Crippen LogP contribution in [-0.2, 0) is 6.54 Å². The molecule has 0 bridgehead atoms. The van der Waals surface area contributed by atoms with Gasteiger partial charge < -0.3 is 5.73 Å². The minimum atomic E-state index is 0.335. The number of nitrogens with two attached hydrogens (primary N) is 1. The Balaban J connectivity index is 1.70. The first-order valence-electron chi connectivity index (χ1n) is 6.39. The zero-order valence-corrected chi connectivity index (χ0v) is 10.3. The summed E-state index contributed by atoms with van der Waals surface area (Å²) in [5.74, 6) is 0. The van der Waals surface area contributed by atoms with Crippen LogP contribution in [0.3, 0.4) is 0 Å². The number of nitrogens with zero attached hydrogens (tertiary/aromatic N) is 2. The van der Waals surface area contributed by atoms with Crippen LogP contribution in [-0.4, -0.2) is 34.2 Å². The number of H-pyrrole nitrogens is 1. The van der Waals surface area contributed by atoms with Crippen molar-refractivity contribution in [2.45, 2.75) is 19.0 Å². The Kier molecular flexibility index (Phi) is 3.13. The van der Waals surface area contributed by atoms with Crippen LogP contribution in [0.4, 0.5) is 0 Å². The van der Waals surface area contributed by atoms with Crippen LogP contribution in [0.25, 0.3) is 11.3 Å². The summed E-state index contributed by atoms with van der Waals surface area (Å²) in [6, 6.07) is 12.7. The number of hydrogen-bond donors (Lipinski definition) is 2. The van der Waals surface area contributed by atoms with E-state index in [2.05, 4.69) is 33.3 Å². The molecule has 0 saturated carbocycles. The van der Waals surface area contributed by atoms with Gasteiger partial charge in [0.05, 0.1) is 5.69 Å². The van der Waals surface area contributed by atoms with Gasteiger partial charge in [0.1, 0.15) is 0 Å². The zero-order chi connectivity index (χ0) is 12.4. The summed E-state index contributed by atoms with van der Waals surface area (Å²) in [5.41, 5.74) is 9.22. The molecule has 0 aliphatic carbocycles. The van der Waals surface area contributed by atoms with Crippen molar-refractivity contribution in [2.75, 3.05) is 13.1 Å². The fourth-order valence-corrected chi connectivity index (χ4v) is 2.45. The van der Waals surface area contributed by atoms with Gasteiger partial charge in [-0.2, -0.15) is 5.10 Å². The lowest BCUT2D eigenvalue weighted by Crippen LogP contribution is -2.26. The second-order valence-corrected chi connectivity index (χ2v) is 4.93. The Morgan fingerprint density at radius 2 is 2.17 bits per heavy atom. The van der Waals surface area contributed by atoms with Crippen LogP contribution >= 0.6 is 0 Å². The quantitative estimate of drug-likeness (QED) is 0.859. The average Bonchev–Trinajstić information content (AvgIpc) is 3.01. The summed E-state index contributed by atoms with van der Waals surface area (Å²) in [6.07, 6.45) is 1.10. The van der Waals surface area contributed by atoms with Crippen LogP contribution < -0.4 is 5.73 Å². The number of nitrogens with one attached hydrogen (secondary N) is 1. The van der Waals surface area contributed by atoms with E-state index in [0.29, 0.717) is 6.04 Å². The van der Waals surface area contributed by atoms with Gasteiger partial charge in [0.25, 0.3) is 0 Å². The van der Waals surface area contributed by atoms with E-state index in [1.165, 1.54) is 0 Å². The van der Waals surface area contributed by atoms with Gasteiger partial charge in [-0.15, -0.1) is 0 Å². The highest BCUT2D eigenvalue weighted by molar-refractivity contribution is 5.58. The Hall–Kier alpha value is -1.65. The standard InChI is InChI=1S/C14H18N4/c15-12-6-7-18(9-12)10-13-8-14(17-16-13)11-4-2-1-3-5-11/h1-5,8,12H,6-7,9-10,15H2,(H,16,17)/t12-/m0/s1. The number of aromatic amines is 1. The predicted molar refractivity (Wildman–Crippen MR) is 71.9 cm³/mol. The van der Waals surface area contributed by atoms with Crippen LogP contribution in [0.1, 0.15) is 12.1 Å². The lowest BCUT2D eigenvalue weighted by Gasteiger charge is -2.12. The summed E-state index contributed by atoms with van der Waals surface area (Å²) in [6.45, 7) is 2.98. The number of rotatable bonds is 3. The molecule has 0 radical (unpaired) electrons. The number of benzene rings is 1. The maximum atomic E-state index is 5.91. The first-order valence-corrected chi connectivity index (χ1v) is 6.39. The monoisotopic (exact) mass is 242 g/mol. The fraction of sp³-hybridized carbons (Fsp3) is 0.357. The molecular formula is C14H18N4.